The van der Waals surface area contributed by atoms with Gasteiger partial charge in [0.1, 0.15) is 0 Å². The van der Waals surface area contributed by atoms with Crippen molar-refractivity contribution in [1.29, 1.82) is 0 Å². The smallest absolute Gasteiger partial charge is 0.272 e. The molecule has 0 radical (unpaired) electrons. The number of carbonyl (C=O) groups is 2. The maximum absolute atomic E-state index is 12.2. The standard InChI is InChI=1S/C20H17ClN4O4S/c1-12-8-14(6-7-17(12)25(28)29)19(27)22-11-18(26)24-20-23-10-15(30-20)9-13-4-2-3-5-16(13)21/h2-8,10H,9,11H2,1H3,(H,22,27)(H,23,24,26). The number of anilines is 1. The average molecular weight is 445 g/mol. The number of thiazole rings is 1. The highest BCUT2D eigenvalue weighted by Gasteiger charge is 2.15. The molecular formula is C20H17ClN4O4S. The van der Waals surface area contributed by atoms with E-state index in [4.69, 9.17) is 11.6 Å². The number of aromatic nitrogens is 1. The minimum Gasteiger partial charge on any atom is -0.343 e. The quantitative estimate of drug-likeness (QED) is 0.422. The van der Waals surface area contributed by atoms with Crippen LogP contribution in [0, 0.1) is 17.0 Å². The summed E-state index contributed by atoms with van der Waals surface area (Å²) in [7, 11) is 0. The highest BCUT2D eigenvalue weighted by Crippen LogP contribution is 2.24. The number of nitrogens with one attached hydrogen (secondary N) is 2. The third kappa shape index (κ3) is 5.40. The van der Waals surface area contributed by atoms with Crippen molar-refractivity contribution in [3.63, 3.8) is 0 Å². The lowest BCUT2D eigenvalue weighted by Gasteiger charge is -2.06. The molecule has 0 saturated heterocycles. The number of rotatable bonds is 7. The van der Waals surface area contributed by atoms with Gasteiger partial charge in [0.15, 0.2) is 5.13 Å². The molecule has 0 spiro atoms. The normalized spacial score (nSPS) is 10.5. The largest absolute Gasteiger partial charge is 0.343 e. The summed E-state index contributed by atoms with van der Waals surface area (Å²) in [5.41, 5.74) is 1.50. The van der Waals surface area contributed by atoms with Crippen LogP contribution in [-0.2, 0) is 11.2 Å². The topological polar surface area (TPSA) is 114 Å². The van der Waals surface area contributed by atoms with Gasteiger partial charge in [-0.1, -0.05) is 29.8 Å². The van der Waals surface area contributed by atoms with E-state index in [2.05, 4.69) is 15.6 Å². The van der Waals surface area contributed by atoms with Crippen molar-refractivity contribution >= 4 is 45.6 Å². The summed E-state index contributed by atoms with van der Waals surface area (Å²) < 4.78 is 0. The van der Waals surface area contributed by atoms with Gasteiger partial charge in [0, 0.05) is 39.7 Å². The molecule has 30 heavy (non-hydrogen) atoms. The SMILES string of the molecule is Cc1cc(C(=O)NCC(=O)Nc2ncc(Cc3ccccc3Cl)s2)ccc1[N+](=O)[O-]. The Labute approximate surface area is 181 Å². The fourth-order valence-electron chi connectivity index (χ4n) is 2.70. The summed E-state index contributed by atoms with van der Waals surface area (Å²) in [5, 5.41) is 17.1. The number of amides is 2. The summed E-state index contributed by atoms with van der Waals surface area (Å²) in [6, 6.07) is 11.5. The third-order valence-electron chi connectivity index (χ3n) is 4.19. The van der Waals surface area contributed by atoms with E-state index in [-0.39, 0.29) is 17.8 Å². The Morgan fingerprint density at radius 3 is 2.70 bits per heavy atom. The van der Waals surface area contributed by atoms with Crippen LogP contribution in [0.25, 0.3) is 0 Å². The molecule has 0 fully saturated rings. The molecule has 2 N–H and O–H groups in total. The monoisotopic (exact) mass is 444 g/mol. The molecule has 1 aromatic heterocycles. The molecular weight excluding hydrogens is 428 g/mol. The Bertz CT molecular complexity index is 1120. The number of aryl methyl sites for hydroxylation is 1. The Hall–Kier alpha value is -3.30. The zero-order valence-electron chi connectivity index (χ0n) is 15.8. The lowest BCUT2D eigenvalue weighted by molar-refractivity contribution is -0.385. The fraction of sp³-hybridized carbons (Fsp3) is 0.150. The van der Waals surface area contributed by atoms with Crippen LogP contribution in [0.5, 0.6) is 0 Å². The highest BCUT2D eigenvalue weighted by molar-refractivity contribution is 7.15. The van der Waals surface area contributed by atoms with Gasteiger partial charge >= 0.3 is 0 Å². The molecule has 3 aromatic rings. The molecule has 1 heterocycles. The first-order chi connectivity index (χ1) is 14.3. The predicted molar refractivity (Wildman–Crippen MR) is 115 cm³/mol. The van der Waals surface area contributed by atoms with Crippen molar-refractivity contribution < 1.29 is 14.5 Å². The van der Waals surface area contributed by atoms with E-state index in [0.29, 0.717) is 22.1 Å². The maximum atomic E-state index is 12.2. The Balaban J connectivity index is 1.53. The van der Waals surface area contributed by atoms with Crippen molar-refractivity contribution in [3.8, 4) is 0 Å². The minimum atomic E-state index is -0.515. The van der Waals surface area contributed by atoms with Crippen molar-refractivity contribution in [1.82, 2.24) is 10.3 Å². The number of nitro benzene ring substituents is 1. The van der Waals surface area contributed by atoms with Gasteiger partial charge < -0.3 is 10.6 Å². The molecule has 8 nitrogen and oxygen atoms in total. The molecule has 0 bridgehead atoms. The average Bonchev–Trinajstić information content (AvgIpc) is 3.14. The lowest BCUT2D eigenvalue weighted by Crippen LogP contribution is -2.32. The summed E-state index contributed by atoms with van der Waals surface area (Å²) >= 11 is 7.48. The van der Waals surface area contributed by atoms with Crippen LogP contribution < -0.4 is 10.6 Å². The number of nitro groups is 1. The number of benzene rings is 2. The highest BCUT2D eigenvalue weighted by atomic mass is 35.5. The van der Waals surface area contributed by atoms with Gasteiger partial charge in [0.05, 0.1) is 11.5 Å². The first-order valence-electron chi connectivity index (χ1n) is 8.84. The second-order valence-corrected chi connectivity index (χ2v) is 7.91. The molecule has 0 unspecified atom stereocenters. The molecule has 2 amide bonds. The van der Waals surface area contributed by atoms with Gasteiger partial charge in [-0.3, -0.25) is 19.7 Å². The first kappa shape index (κ1) is 21.4. The second-order valence-electron chi connectivity index (χ2n) is 6.39. The van der Waals surface area contributed by atoms with Crippen LogP contribution in [0.2, 0.25) is 5.02 Å². The van der Waals surface area contributed by atoms with Gasteiger partial charge in [-0.2, -0.15) is 0 Å². The summed E-state index contributed by atoms with van der Waals surface area (Å²) in [6.45, 7) is 1.29. The Kier molecular flexibility index (Phi) is 6.76. The van der Waals surface area contributed by atoms with Gasteiger partial charge in [0.2, 0.25) is 5.91 Å². The predicted octanol–water partition coefficient (Wildman–Crippen LogP) is 3.97. The molecule has 2 aromatic carbocycles. The van der Waals surface area contributed by atoms with E-state index >= 15 is 0 Å². The molecule has 0 saturated carbocycles. The summed E-state index contributed by atoms with van der Waals surface area (Å²) in [6.07, 6.45) is 2.27. The molecule has 0 aliphatic heterocycles. The van der Waals surface area contributed by atoms with E-state index in [9.17, 15) is 19.7 Å². The summed E-state index contributed by atoms with van der Waals surface area (Å²) in [5.74, 6) is -0.928. The van der Waals surface area contributed by atoms with E-state index < -0.39 is 16.7 Å². The summed E-state index contributed by atoms with van der Waals surface area (Å²) in [4.78, 5) is 39.7. The number of carbonyl (C=O) groups excluding carboxylic acids is 2. The van der Waals surface area contributed by atoms with Crippen LogP contribution in [-0.4, -0.2) is 28.3 Å². The van der Waals surface area contributed by atoms with Gasteiger partial charge in [-0.25, -0.2) is 4.98 Å². The van der Waals surface area contributed by atoms with Crippen molar-refractivity contribution in [2.45, 2.75) is 13.3 Å². The Morgan fingerprint density at radius 1 is 1.23 bits per heavy atom. The van der Waals surface area contributed by atoms with E-state index in [1.807, 2.05) is 24.3 Å². The molecule has 10 heteroatoms. The molecule has 0 aliphatic carbocycles. The van der Waals surface area contributed by atoms with Gasteiger partial charge in [-0.15, -0.1) is 11.3 Å². The third-order valence-corrected chi connectivity index (χ3v) is 5.47. The second kappa shape index (κ2) is 9.47. The van der Waals surface area contributed by atoms with Crippen molar-refractivity contribution in [3.05, 3.63) is 85.4 Å². The van der Waals surface area contributed by atoms with Crippen LogP contribution >= 0.6 is 22.9 Å². The number of hydrogen-bond acceptors (Lipinski definition) is 6. The Morgan fingerprint density at radius 2 is 2.00 bits per heavy atom. The molecule has 3 rings (SSSR count). The van der Waals surface area contributed by atoms with Gasteiger partial charge in [0.25, 0.3) is 11.6 Å². The number of halogens is 1. The molecule has 0 atom stereocenters. The van der Waals surface area contributed by atoms with E-state index in [1.165, 1.54) is 29.5 Å². The minimum absolute atomic E-state index is 0.0688. The zero-order valence-corrected chi connectivity index (χ0v) is 17.4. The lowest BCUT2D eigenvalue weighted by atomic mass is 10.1. The van der Waals surface area contributed by atoms with Crippen LogP contribution in [0.15, 0.2) is 48.7 Å². The van der Waals surface area contributed by atoms with E-state index in [1.54, 1.807) is 13.1 Å². The van der Waals surface area contributed by atoms with Crippen molar-refractivity contribution in [2.24, 2.45) is 0 Å². The van der Waals surface area contributed by atoms with Crippen LogP contribution in [0.4, 0.5) is 10.8 Å². The van der Waals surface area contributed by atoms with Gasteiger partial charge in [-0.05, 0) is 30.7 Å². The van der Waals surface area contributed by atoms with E-state index in [0.717, 1.165) is 10.4 Å². The maximum Gasteiger partial charge on any atom is 0.272 e. The fourth-order valence-corrected chi connectivity index (χ4v) is 3.76. The molecule has 154 valence electrons. The van der Waals surface area contributed by atoms with Crippen LogP contribution in [0.1, 0.15) is 26.4 Å². The van der Waals surface area contributed by atoms with Crippen LogP contribution in [0.3, 0.4) is 0 Å². The first-order valence-corrected chi connectivity index (χ1v) is 10.0. The number of nitrogens with zero attached hydrogens (tertiary/aromatic N) is 2. The zero-order chi connectivity index (χ0) is 21.7. The molecule has 0 aliphatic rings. The van der Waals surface area contributed by atoms with Crippen molar-refractivity contribution in [2.75, 3.05) is 11.9 Å². The number of hydrogen-bond donors (Lipinski definition) is 2.